The fourth-order valence-corrected chi connectivity index (χ4v) is 2.33. The molecule has 1 heterocycles. The Kier molecular flexibility index (Phi) is 8.27. The number of hydrogen-bond donors (Lipinski definition) is 2. The van der Waals surface area contributed by atoms with Gasteiger partial charge in [-0.1, -0.05) is 12.1 Å². The van der Waals surface area contributed by atoms with Gasteiger partial charge in [0, 0.05) is 32.2 Å². The lowest BCUT2D eigenvalue weighted by Crippen LogP contribution is -2.44. The maximum Gasteiger partial charge on any atom is 0.311 e. The number of phenols is 1. The van der Waals surface area contributed by atoms with Gasteiger partial charge in [0.05, 0.1) is 11.0 Å². The topological polar surface area (TPSA) is 78.6 Å². The number of rotatable bonds is 4. The molecule has 1 aliphatic heterocycles. The monoisotopic (exact) mass is 335 g/mol. The summed E-state index contributed by atoms with van der Waals surface area (Å²) in [7, 11) is 0. The van der Waals surface area contributed by atoms with Crippen molar-refractivity contribution in [2.45, 2.75) is 6.04 Å². The quantitative estimate of drug-likeness (QED) is 0.501. The smallest absolute Gasteiger partial charge is 0.311 e. The lowest BCUT2D eigenvalue weighted by Gasteiger charge is -2.33. The fourth-order valence-electron chi connectivity index (χ4n) is 2.33. The Labute approximate surface area is 135 Å². The van der Waals surface area contributed by atoms with E-state index in [1.165, 1.54) is 12.1 Å². The van der Waals surface area contributed by atoms with Crippen LogP contribution in [-0.2, 0) is 0 Å². The summed E-state index contributed by atoms with van der Waals surface area (Å²) >= 11 is 0. The highest BCUT2D eigenvalue weighted by Gasteiger charge is 2.22. The molecular formula is C13H19Cl2N3O3. The summed E-state index contributed by atoms with van der Waals surface area (Å²) in [6.45, 7) is 7.33. The molecule has 0 aromatic heterocycles. The van der Waals surface area contributed by atoms with Gasteiger partial charge in [0.25, 0.3) is 0 Å². The Morgan fingerprint density at radius 3 is 2.52 bits per heavy atom. The average Bonchev–Trinajstić information content (AvgIpc) is 2.42. The van der Waals surface area contributed by atoms with E-state index in [9.17, 15) is 15.2 Å². The molecule has 118 valence electrons. The van der Waals surface area contributed by atoms with Gasteiger partial charge in [0.2, 0.25) is 0 Å². The van der Waals surface area contributed by atoms with E-state index in [1.54, 1.807) is 12.1 Å². The first kappa shape index (κ1) is 19.7. The molecule has 0 amide bonds. The number of nitrogens with zero attached hydrogens (tertiary/aromatic N) is 2. The molecule has 21 heavy (non-hydrogen) atoms. The molecule has 1 aromatic rings. The van der Waals surface area contributed by atoms with Crippen molar-refractivity contribution in [2.24, 2.45) is 0 Å². The van der Waals surface area contributed by atoms with Crippen LogP contribution in [0.4, 0.5) is 5.69 Å². The molecule has 1 atom stereocenters. The molecule has 8 heteroatoms. The van der Waals surface area contributed by atoms with Crippen LogP contribution in [0, 0.1) is 10.1 Å². The van der Waals surface area contributed by atoms with Gasteiger partial charge in [0.15, 0.2) is 5.75 Å². The van der Waals surface area contributed by atoms with Crippen LogP contribution in [-0.4, -0.2) is 41.1 Å². The van der Waals surface area contributed by atoms with Crippen molar-refractivity contribution in [2.75, 3.05) is 26.2 Å². The van der Waals surface area contributed by atoms with Crippen molar-refractivity contribution in [1.82, 2.24) is 10.2 Å². The average molecular weight is 336 g/mol. The summed E-state index contributed by atoms with van der Waals surface area (Å²) in [5.74, 6) is -0.308. The predicted octanol–water partition coefficient (Wildman–Crippen LogP) is 2.28. The molecule has 6 nitrogen and oxygen atoms in total. The van der Waals surface area contributed by atoms with E-state index in [2.05, 4.69) is 16.8 Å². The molecule has 0 unspecified atom stereocenters. The number of hydrogen-bond acceptors (Lipinski definition) is 5. The Morgan fingerprint density at radius 1 is 1.38 bits per heavy atom. The minimum Gasteiger partial charge on any atom is -0.502 e. The van der Waals surface area contributed by atoms with Crippen molar-refractivity contribution in [1.29, 1.82) is 0 Å². The molecule has 1 saturated heterocycles. The van der Waals surface area contributed by atoms with E-state index < -0.39 is 4.92 Å². The van der Waals surface area contributed by atoms with E-state index in [0.29, 0.717) is 0 Å². The van der Waals surface area contributed by atoms with Crippen molar-refractivity contribution in [3.05, 3.63) is 46.5 Å². The van der Waals surface area contributed by atoms with E-state index in [-0.39, 0.29) is 42.3 Å². The van der Waals surface area contributed by atoms with Crippen molar-refractivity contribution in [3.8, 4) is 5.75 Å². The third kappa shape index (κ3) is 4.57. The highest BCUT2D eigenvalue weighted by molar-refractivity contribution is 5.85. The minimum absolute atomic E-state index is 0. The van der Waals surface area contributed by atoms with Gasteiger partial charge in [-0.05, 0) is 11.6 Å². The highest BCUT2D eigenvalue weighted by atomic mass is 35.5. The summed E-state index contributed by atoms with van der Waals surface area (Å²) in [4.78, 5) is 12.5. The molecule has 1 aliphatic rings. The van der Waals surface area contributed by atoms with Crippen molar-refractivity contribution >= 4 is 30.5 Å². The standard InChI is InChI=1S/C13H17N3O3.2ClH/c1-2-11(15-7-5-14-6-8-15)10-3-4-13(17)12(9-10)16(18)19;;/h2-4,9,11,14,17H,1,5-8H2;2*1H/t11-;;/m1../s1. The van der Waals surface area contributed by atoms with Crippen LogP contribution in [0.2, 0.25) is 0 Å². The van der Waals surface area contributed by atoms with Gasteiger partial charge in [-0.25, -0.2) is 0 Å². The second-order valence-corrected chi connectivity index (χ2v) is 4.47. The number of halogens is 2. The second kappa shape index (κ2) is 8.84. The van der Waals surface area contributed by atoms with E-state index >= 15 is 0 Å². The van der Waals surface area contributed by atoms with Gasteiger partial charge < -0.3 is 10.4 Å². The summed E-state index contributed by atoms with van der Waals surface area (Å²) in [5, 5.41) is 23.6. The maximum absolute atomic E-state index is 10.9. The molecule has 0 aliphatic carbocycles. The zero-order valence-electron chi connectivity index (χ0n) is 11.4. The number of nitrogens with one attached hydrogen (secondary N) is 1. The zero-order chi connectivity index (χ0) is 13.8. The predicted molar refractivity (Wildman–Crippen MR) is 86.6 cm³/mol. The molecule has 2 rings (SSSR count). The number of phenolic OH excluding ortho intramolecular Hbond substituents is 1. The number of nitro groups is 1. The second-order valence-electron chi connectivity index (χ2n) is 4.47. The molecule has 1 aromatic carbocycles. The number of nitro benzene ring substituents is 1. The van der Waals surface area contributed by atoms with Gasteiger partial charge in [0.1, 0.15) is 0 Å². The van der Waals surface area contributed by atoms with E-state index in [0.717, 1.165) is 31.7 Å². The lowest BCUT2D eigenvalue weighted by atomic mass is 10.0. The van der Waals surface area contributed by atoms with Crippen LogP contribution in [0.3, 0.4) is 0 Å². The van der Waals surface area contributed by atoms with E-state index in [4.69, 9.17) is 0 Å². The molecule has 0 radical (unpaired) electrons. The Hall–Kier alpha value is -1.34. The van der Waals surface area contributed by atoms with Crippen LogP contribution in [0.1, 0.15) is 11.6 Å². The summed E-state index contributed by atoms with van der Waals surface area (Å²) < 4.78 is 0. The van der Waals surface area contributed by atoms with Gasteiger partial charge in [-0.3, -0.25) is 15.0 Å². The normalized spacial score (nSPS) is 16.2. The van der Waals surface area contributed by atoms with Gasteiger partial charge in [-0.15, -0.1) is 31.4 Å². The van der Waals surface area contributed by atoms with Crippen LogP contribution in [0.5, 0.6) is 5.75 Å². The van der Waals surface area contributed by atoms with Crippen LogP contribution >= 0.6 is 24.8 Å². The lowest BCUT2D eigenvalue weighted by molar-refractivity contribution is -0.385. The first-order valence-electron chi connectivity index (χ1n) is 6.18. The Balaban J connectivity index is 0.00000200. The van der Waals surface area contributed by atoms with Crippen LogP contribution < -0.4 is 5.32 Å². The third-order valence-electron chi connectivity index (χ3n) is 3.31. The van der Waals surface area contributed by atoms with Gasteiger partial charge in [-0.2, -0.15) is 0 Å². The Morgan fingerprint density at radius 2 is 2.00 bits per heavy atom. The molecule has 0 spiro atoms. The van der Waals surface area contributed by atoms with E-state index in [1.807, 2.05) is 0 Å². The third-order valence-corrected chi connectivity index (χ3v) is 3.31. The minimum atomic E-state index is -0.573. The van der Waals surface area contributed by atoms with Gasteiger partial charge >= 0.3 is 5.69 Å². The van der Waals surface area contributed by atoms with Crippen molar-refractivity contribution in [3.63, 3.8) is 0 Å². The number of benzene rings is 1. The zero-order valence-corrected chi connectivity index (χ0v) is 13.0. The van der Waals surface area contributed by atoms with Crippen molar-refractivity contribution < 1.29 is 10.0 Å². The SMILES string of the molecule is C=C[C@H](c1ccc(O)c([N+](=O)[O-])c1)N1CCNCC1.Cl.Cl. The molecule has 0 bridgehead atoms. The first-order chi connectivity index (χ1) is 9.13. The fraction of sp³-hybridized carbons (Fsp3) is 0.385. The summed E-state index contributed by atoms with van der Waals surface area (Å²) in [6.07, 6.45) is 1.78. The first-order valence-corrected chi connectivity index (χ1v) is 6.18. The summed E-state index contributed by atoms with van der Waals surface area (Å²) in [5.41, 5.74) is 0.515. The largest absolute Gasteiger partial charge is 0.502 e. The van der Waals surface area contributed by atoms with Crippen LogP contribution in [0.15, 0.2) is 30.9 Å². The molecule has 1 fully saturated rings. The maximum atomic E-state index is 10.9. The molecular weight excluding hydrogens is 317 g/mol. The highest BCUT2D eigenvalue weighted by Crippen LogP contribution is 2.31. The number of piperazine rings is 1. The van der Waals surface area contributed by atoms with Crippen LogP contribution in [0.25, 0.3) is 0 Å². The molecule has 0 saturated carbocycles. The molecule has 2 N–H and O–H groups in total. The summed E-state index contributed by atoms with van der Waals surface area (Å²) in [6, 6.07) is 4.42. The Bertz CT molecular complexity index is 494. The number of aromatic hydroxyl groups is 1.